The average molecular weight is 805 g/mol. The minimum absolute atomic E-state index is 0.000311. The van der Waals surface area contributed by atoms with E-state index in [1.807, 2.05) is 64.2 Å². The lowest BCUT2D eigenvalue weighted by atomic mass is 10.0. The van der Waals surface area contributed by atoms with Crippen LogP contribution in [0.1, 0.15) is 84.5 Å². The number of nitrogens with one attached hydrogen (secondary N) is 1. The van der Waals surface area contributed by atoms with E-state index in [1.165, 1.54) is 24.2 Å². The van der Waals surface area contributed by atoms with Gasteiger partial charge in [-0.1, -0.05) is 31.0 Å². The number of nitrogens with zero attached hydrogens (tertiary/aromatic N) is 6. The van der Waals surface area contributed by atoms with Crippen LogP contribution in [-0.4, -0.2) is 84.0 Å². The lowest BCUT2D eigenvalue weighted by molar-refractivity contribution is -0.136. The first-order chi connectivity index (χ1) is 28.2. The van der Waals surface area contributed by atoms with Crippen LogP contribution in [0.3, 0.4) is 0 Å². The first-order valence-electron chi connectivity index (χ1n) is 19.4. The van der Waals surface area contributed by atoms with Crippen molar-refractivity contribution in [2.24, 2.45) is 0 Å². The summed E-state index contributed by atoms with van der Waals surface area (Å²) in [6, 6.07) is 18.8. The summed E-state index contributed by atoms with van der Waals surface area (Å²) < 4.78 is 22.7. The van der Waals surface area contributed by atoms with Crippen LogP contribution in [0.2, 0.25) is 0 Å². The van der Waals surface area contributed by atoms with E-state index < -0.39 is 35.5 Å². The molecule has 14 nitrogen and oxygen atoms in total. The quantitative estimate of drug-likeness (QED) is 0.0773. The van der Waals surface area contributed by atoms with E-state index in [1.54, 1.807) is 0 Å². The van der Waals surface area contributed by atoms with Gasteiger partial charge in [-0.2, -0.15) is 5.10 Å². The number of nitrogen functional groups attached to an aromatic ring is 1. The molecule has 0 radical (unpaired) electrons. The molecule has 3 N–H and O–H groups in total. The maximum atomic E-state index is 14.8. The number of rotatable bonds is 13. The molecule has 0 saturated carbocycles. The fraction of sp³-hybridized carbons (Fsp3) is 0.333. The molecule has 1 atom stereocenters. The number of carbonyl (C=O) groups excluding carboxylic acids is 5. The minimum atomic E-state index is -1.16. The van der Waals surface area contributed by atoms with Crippen molar-refractivity contribution in [3.63, 3.8) is 0 Å². The van der Waals surface area contributed by atoms with Gasteiger partial charge in [0.2, 0.25) is 17.7 Å². The van der Waals surface area contributed by atoms with Crippen LogP contribution in [0.5, 0.6) is 11.5 Å². The van der Waals surface area contributed by atoms with Crippen molar-refractivity contribution < 1.29 is 33.1 Å². The molecule has 3 aliphatic heterocycles. The molecule has 2 aromatic heterocycles. The molecule has 2 saturated heterocycles. The number of fused-ring (bicyclic) bond motifs is 2. The molecular formula is C42H41FN8O6S. The van der Waals surface area contributed by atoms with Gasteiger partial charge in [-0.05, 0) is 86.4 Å². The highest BCUT2D eigenvalue weighted by Crippen LogP contribution is 2.38. The maximum absolute atomic E-state index is 14.8. The lowest BCUT2D eigenvalue weighted by Crippen LogP contribution is -2.54. The second kappa shape index (κ2) is 16.7. The Kier molecular flexibility index (Phi) is 11.2. The van der Waals surface area contributed by atoms with E-state index >= 15 is 0 Å². The van der Waals surface area contributed by atoms with Gasteiger partial charge in [-0.3, -0.25) is 34.2 Å². The molecule has 5 heterocycles. The number of benzene rings is 3. The topological polar surface area (TPSA) is 183 Å². The highest BCUT2D eigenvalue weighted by atomic mass is 32.2. The van der Waals surface area contributed by atoms with Crippen LogP contribution in [-0.2, 0) is 14.4 Å². The number of halogens is 1. The van der Waals surface area contributed by atoms with Gasteiger partial charge in [-0.15, -0.1) is 11.8 Å². The fourth-order valence-corrected chi connectivity index (χ4v) is 8.90. The van der Waals surface area contributed by atoms with Crippen molar-refractivity contribution in [1.82, 2.24) is 34.9 Å². The van der Waals surface area contributed by atoms with E-state index in [-0.39, 0.29) is 35.9 Å². The Balaban J connectivity index is 0.803. The molecule has 16 heteroatoms. The zero-order valence-corrected chi connectivity index (χ0v) is 32.4. The van der Waals surface area contributed by atoms with Crippen molar-refractivity contribution >= 4 is 58.1 Å². The molecule has 58 heavy (non-hydrogen) atoms. The fourth-order valence-electron chi connectivity index (χ4n) is 7.83. The first-order valence-corrected chi connectivity index (χ1v) is 20.4. The minimum Gasteiger partial charge on any atom is -0.457 e. The normalized spacial score (nSPS) is 17.2. The predicted molar refractivity (Wildman–Crippen MR) is 213 cm³/mol. The number of carbonyl (C=O) groups is 5. The Morgan fingerprint density at radius 2 is 1.59 bits per heavy atom. The molecule has 8 rings (SSSR count). The lowest BCUT2D eigenvalue weighted by Gasteiger charge is -2.32. The molecular weight excluding hydrogens is 764 g/mol. The molecule has 0 bridgehead atoms. The van der Waals surface area contributed by atoms with Crippen molar-refractivity contribution in [3.05, 3.63) is 90.0 Å². The standard InChI is InChI=1S/C42H41FN8O6S/c43-29-15-17-31(35-34(29)41(55)50(42(35)56)30-16-18-32(52)47-40(30)54)58-23-7-2-1-6-10-33(53)49-21-19-26(20-22-49)51-39-36(38(44)45-24-46-39)37(48-51)25-11-13-28(14-12-25)57-27-8-4-3-5-9-27/h3-5,8-9,11-15,17,24,26,30H,1-2,6-7,10,16,18-23H2,(H2,44,45,46)(H,47,52,54). The molecule has 5 amide bonds. The highest BCUT2D eigenvalue weighted by molar-refractivity contribution is 7.99. The Morgan fingerprint density at radius 1 is 0.862 bits per heavy atom. The van der Waals surface area contributed by atoms with Crippen molar-refractivity contribution in [1.29, 1.82) is 0 Å². The molecule has 5 aromatic rings. The Hall–Kier alpha value is -6.16. The van der Waals surface area contributed by atoms with E-state index in [9.17, 15) is 28.4 Å². The van der Waals surface area contributed by atoms with Crippen LogP contribution >= 0.6 is 11.8 Å². The smallest absolute Gasteiger partial charge is 0.265 e. The van der Waals surface area contributed by atoms with Crippen LogP contribution in [0.25, 0.3) is 22.3 Å². The second-order valence-electron chi connectivity index (χ2n) is 14.6. The third-order valence-electron chi connectivity index (χ3n) is 10.8. The number of aromatic nitrogens is 4. The van der Waals surface area contributed by atoms with Gasteiger partial charge >= 0.3 is 0 Å². The SMILES string of the molecule is Nc1ncnc2c1c(-c1ccc(Oc3ccccc3)cc1)nn2C1CCN(C(=O)CCCCCCSc2ccc(F)c3c2C(=O)N(C2CCC(=O)NC2=O)C3=O)CC1. The highest BCUT2D eigenvalue weighted by Gasteiger charge is 2.47. The summed E-state index contributed by atoms with van der Waals surface area (Å²) in [6.07, 6.45) is 6.54. The summed E-state index contributed by atoms with van der Waals surface area (Å²) in [5.74, 6) is -1.09. The first kappa shape index (κ1) is 38.7. The van der Waals surface area contributed by atoms with Crippen LogP contribution < -0.4 is 15.8 Å². The zero-order chi connectivity index (χ0) is 40.3. The number of ether oxygens (including phenoxy) is 1. The summed E-state index contributed by atoms with van der Waals surface area (Å²) >= 11 is 1.35. The average Bonchev–Trinajstić information content (AvgIpc) is 3.75. The van der Waals surface area contributed by atoms with Crippen LogP contribution in [0.4, 0.5) is 10.2 Å². The second-order valence-corrected chi connectivity index (χ2v) is 15.7. The van der Waals surface area contributed by atoms with Crippen LogP contribution in [0, 0.1) is 5.82 Å². The Morgan fingerprint density at radius 3 is 2.34 bits per heavy atom. The number of likely N-dealkylation sites (tertiary alicyclic amines) is 1. The molecule has 3 aliphatic rings. The van der Waals surface area contributed by atoms with Crippen molar-refractivity contribution in [2.75, 3.05) is 24.6 Å². The number of imide groups is 2. The number of thioether (sulfide) groups is 1. The number of nitrogens with two attached hydrogens (primary N) is 1. The van der Waals surface area contributed by atoms with E-state index in [0.29, 0.717) is 58.5 Å². The van der Waals surface area contributed by atoms with Gasteiger partial charge in [0.1, 0.15) is 41.2 Å². The summed E-state index contributed by atoms with van der Waals surface area (Å²) in [4.78, 5) is 75.6. The van der Waals surface area contributed by atoms with E-state index in [2.05, 4.69) is 15.3 Å². The maximum Gasteiger partial charge on any atom is 0.265 e. The van der Waals surface area contributed by atoms with Gasteiger partial charge in [0, 0.05) is 36.4 Å². The summed E-state index contributed by atoms with van der Waals surface area (Å²) in [5.41, 5.74) is 8.22. The van der Waals surface area contributed by atoms with Crippen LogP contribution in [0.15, 0.2) is 78.0 Å². The number of hydrogen-bond acceptors (Lipinski definition) is 11. The summed E-state index contributed by atoms with van der Waals surface area (Å²) in [5, 5.41) is 7.85. The van der Waals surface area contributed by atoms with Crippen molar-refractivity contribution in [3.8, 4) is 22.8 Å². The van der Waals surface area contributed by atoms with Gasteiger partial charge < -0.3 is 15.4 Å². The van der Waals surface area contributed by atoms with Gasteiger partial charge in [-0.25, -0.2) is 19.0 Å². The number of anilines is 1. The Labute approximate surface area is 337 Å². The van der Waals surface area contributed by atoms with Gasteiger partial charge in [0.15, 0.2) is 5.65 Å². The third-order valence-corrected chi connectivity index (χ3v) is 12.0. The van der Waals surface area contributed by atoms with E-state index in [0.717, 1.165) is 60.8 Å². The molecule has 2 fully saturated rings. The van der Waals surface area contributed by atoms with Crippen molar-refractivity contribution in [2.45, 2.75) is 74.8 Å². The summed E-state index contributed by atoms with van der Waals surface area (Å²) in [6.45, 7) is 1.21. The zero-order valence-electron chi connectivity index (χ0n) is 31.6. The van der Waals surface area contributed by atoms with Gasteiger partial charge in [0.25, 0.3) is 11.8 Å². The monoisotopic (exact) mass is 804 g/mol. The summed E-state index contributed by atoms with van der Waals surface area (Å²) in [7, 11) is 0. The van der Waals surface area contributed by atoms with Gasteiger partial charge in [0.05, 0.1) is 22.6 Å². The molecule has 0 aliphatic carbocycles. The number of unbranched alkanes of at least 4 members (excludes halogenated alkanes) is 3. The third kappa shape index (κ3) is 7.75. The molecule has 0 spiro atoms. The number of hydrogen-bond donors (Lipinski definition) is 2. The molecule has 3 aromatic carbocycles. The number of amides is 5. The van der Waals surface area contributed by atoms with E-state index in [4.69, 9.17) is 15.6 Å². The largest absolute Gasteiger partial charge is 0.457 e. The molecule has 298 valence electrons. The number of piperidine rings is 2. The Bertz CT molecular complexity index is 2400. The molecule has 1 unspecified atom stereocenters. The number of para-hydroxylation sites is 1. The predicted octanol–water partition coefficient (Wildman–Crippen LogP) is 6.31.